The lowest BCUT2D eigenvalue weighted by Gasteiger charge is -2.11. The minimum atomic E-state index is -0.437. The zero-order valence-corrected chi connectivity index (χ0v) is 10.3. The zero-order chi connectivity index (χ0) is 13.8. The van der Waals surface area contributed by atoms with Crippen LogP contribution in [-0.4, -0.2) is 7.11 Å². The number of hydrogen-bond donors (Lipinski definition) is 1. The molecule has 2 aromatic rings. The van der Waals surface area contributed by atoms with Gasteiger partial charge < -0.3 is 15.2 Å². The Hall–Kier alpha value is -2.30. The van der Waals surface area contributed by atoms with Gasteiger partial charge in [-0.3, -0.25) is 0 Å². The van der Waals surface area contributed by atoms with Crippen molar-refractivity contribution in [3.05, 3.63) is 53.6 Å². The summed E-state index contributed by atoms with van der Waals surface area (Å²) in [6.45, 7) is 0.0801. The summed E-state index contributed by atoms with van der Waals surface area (Å²) < 4.78 is 36.6. The van der Waals surface area contributed by atoms with E-state index < -0.39 is 5.82 Å². The number of hydrogen-bond acceptors (Lipinski definition) is 3. The second kappa shape index (κ2) is 5.56. The molecule has 0 spiro atoms. The molecule has 2 rings (SSSR count). The van der Waals surface area contributed by atoms with Crippen molar-refractivity contribution in [3.8, 4) is 11.5 Å². The molecule has 100 valence electrons. The van der Waals surface area contributed by atoms with Gasteiger partial charge in [-0.1, -0.05) is 0 Å². The average Bonchev–Trinajstić information content (AvgIpc) is 2.38. The molecule has 0 radical (unpaired) electrons. The molecule has 3 nitrogen and oxygen atoms in total. The number of nitrogens with two attached hydrogens (primary N) is 1. The Balaban J connectivity index is 2.16. The predicted molar refractivity (Wildman–Crippen MR) is 68.1 cm³/mol. The number of benzene rings is 2. The van der Waals surface area contributed by atoms with Crippen molar-refractivity contribution in [1.29, 1.82) is 0 Å². The van der Waals surface area contributed by atoms with E-state index in [9.17, 15) is 8.78 Å². The molecule has 0 heterocycles. The molecule has 5 heteroatoms. The van der Waals surface area contributed by atoms with Crippen molar-refractivity contribution in [1.82, 2.24) is 0 Å². The summed E-state index contributed by atoms with van der Waals surface area (Å²) in [6, 6.07) is 7.97. The van der Waals surface area contributed by atoms with Crippen molar-refractivity contribution >= 4 is 5.69 Å². The van der Waals surface area contributed by atoms with Gasteiger partial charge >= 0.3 is 0 Å². The highest BCUT2D eigenvalue weighted by Gasteiger charge is 2.07. The lowest BCUT2D eigenvalue weighted by atomic mass is 10.2. The van der Waals surface area contributed by atoms with Crippen LogP contribution in [0.2, 0.25) is 0 Å². The normalized spacial score (nSPS) is 10.3. The second-order valence-corrected chi connectivity index (χ2v) is 3.93. The highest BCUT2D eigenvalue weighted by atomic mass is 19.1. The van der Waals surface area contributed by atoms with Crippen molar-refractivity contribution in [2.45, 2.75) is 6.61 Å². The molecular formula is C14H13F2NO2. The van der Waals surface area contributed by atoms with Crippen molar-refractivity contribution < 1.29 is 18.3 Å². The molecule has 0 saturated carbocycles. The van der Waals surface area contributed by atoms with E-state index in [4.69, 9.17) is 15.2 Å². The van der Waals surface area contributed by atoms with Crippen LogP contribution in [0.15, 0.2) is 36.4 Å². The molecule has 0 unspecified atom stereocenters. The van der Waals surface area contributed by atoms with Gasteiger partial charge in [0.2, 0.25) is 0 Å². The predicted octanol–water partition coefficient (Wildman–Crippen LogP) is 3.13. The fourth-order valence-corrected chi connectivity index (χ4v) is 1.67. The summed E-state index contributed by atoms with van der Waals surface area (Å²) in [5.74, 6) is 0.0365. The van der Waals surface area contributed by atoms with E-state index >= 15 is 0 Å². The molecule has 0 amide bonds. The molecule has 0 aliphatic heterocycles. The number of rotatable bonds is 4. The van der Waals surface area contributed by atoms with Crippen LogP contribution in [0.25, 0.3) is 0 Å². The van der Waals surface area contributed by atoms with Crippen molar-refractivity contribution in [2.75, 3.05) is 12.8 Å². The quantitative estimate of drug-likeness (QED) is 0.864. The highest BCUT2D eigenvalue weighted by Crippen LogP contribution is 2.25. The summed E-state index contributed by atoms with van der Waals surface area (Å²) >= 11 is 0. The number of anilines is 1. The lowest BCUT2D eigenvalue weighted by molar-refractivity contribution is 0.297. The molecule has 19 heavy (non-hydrogen) atoms. The van der Waals surface area contributed by atoms with E-state index in [1.165, 1.54) is 37.4 Å². The Labute approximate surface area is 109 Å². The molecule has 0 saturated heterocycles. The number of ether oxygens (including phenoxy) is 2. The molecule has 0 aliphatic rings. The summed E-state index contributed by atoms with van der Waals surface area (Å²) in [4.78, 5) is 0. The maximum Gasteiger partial charge on any atom is 0.142 e. The van der Waals surface area contributed by atoms with Crippen LogP contribution in [-0.2, 0) is 6.61 Å². The van der Waals surface area contributed by atoms with E-state index in [0.29, 0.717) is 17.1 Å². The topological polar surface area (TPSA) is 44.5 Å². The Morgan fingerprint density at radius 3 is 2.26 bits per heavy atom. The van der Waals surface area contributed by atoms with Gasteiger partial charge in [-0.15, -0.1) is 0 Å². The third-order valence-corrected chi connectivity index (χ3v) is 2.60. The molecular weight excluding hydrogens is 252 g/mol. The highest BCUT2D eigenvalue weighted by molar-refractivity contribution is 5.52. The van der Waals surface area contributed by atoms with Gasteiger partial charge in [0.25, 0.3) is 0 Å². The van der Waals surface area contributed by atoms with E-state index in [1.807, 2.05) is 0 Å². The van der Waals surface area contributed by atoms with Crippen LogP contribution < -0.4 is 15.2 Å². The Kier molecular flexibility index (Phi) is 3.85. The third kappa shape index (κ3) is 3.13. The van der Waals surface area contributed by atoms with Gasteiger partial charge in [0, 0.05) is 11.6 Å². The van der Waals surface area contributed by atoms with Crippen LogP contribution in [0.3, 0.4) is 0 Å². The van der Waals surface area contributed by atoms with Crippen LogP contribution >= 0.6 is 0 Å². The van der Waals surface area contributed by atoms with Gasteiger partial charge in [-0.05, 0) is 30.3 Å². The first-order valence-electron chi connectivity index (χ1n) is 5.60. The first-order chi connectivity index (χ1) is 9.10. The van der Waals surface area contributed by atoms with Crippen LogP contribution in [0, 0.1) is 11.6 Å². The molecule has 0 fully saturated rings. The van der Waals surface area contributed by atoms with Crippen LogP contribution in [0.1, 0.15) is 5.56 Å². The van der Waals surface area contributed by atoms with E-state index in [0.717, 1.165) is 6.07 Å². The van der Waals surface area contributed by atoms with Crippen LogP contribution in [0.4, 0.5) is 14.5 Å². The number of nitrogen functional groups attached to an aromatic ring is 1. The van der Waals surface area contributed by atoms with Gasteiger partial charge in [-0.2, -0.15) is 0 Å². The SMILES string of the molecule is COc1ccc(F)cc1COc1ccc(F)cc1N. The molecule has 2 aromatic carbocycles. The number of methoxy groups -OCH3 is 1. The van der Waals surface area contributed by atoms with Gasteiger partial charge in [0.1, 0.15) is 29.7 Å². The first kappa shape index (κ1) is 13.1. The standard InChI is InChI=1S/C14H13F2NO2/c1-18-13-4-2-10(15)6-9(13)8-19-14-5-3-11(16)7-12(14)17/h2-7H,8,17H2,1H3. The minimum absolute atomic E-state index is 0.0801. The summed E-state index contributed by atoms with van der Waals surface area (Å²) in [6.07, 6.45) is 0. The molecule has 0 atom stereocenters. The maximum absolute atomic E-state index is 13.2. The van der Waals surface area contributed by atoms with Crippen LogP contribution in [0.5, 0.6) is 11.5 Å². The number of halogens is 2. The first-order valence-corrected chi connectivity index (χ1v) is 5.60. The minimum Gasteiger partial charge on any atom is -0.496 e. The third-order valence-electron chi connectivity index (χ3n) is 2.60. The zero-order valence-electron chi connectivity index (χ0n) is 10.3. The van der Waals surface area contributed by atoms with Gasteiger partial charge in [0.05, 0.1) is 12.8 Å². The summed E-state index contributed by atoms with van der Waals surface area (Å²) in [5.41, 5.74) is 6.35. The Morgan fingerprint density at radius 1 is 1.00 bits per heavy atom. The molecule has 0 aliphatic carbocycles. The summed E-state index contributed by atoms with van der Waals surface area (Å²) in [5, 5.41) is 0. The van der Waals surface area contributed by atoms with E-state index in [-0.39, 0.29) is 18.1 Å². The second-order valence-electron chi connectivity index (χ2n) is 3.93. The van der Waals surface area contributed by atoms with Crippen molar-refractivity contribution in [3.63, 3.8) is 0 Å². The van der Waals surface area contributed by atoms with E-state index in [2.05, 4.69) is 0 Å². The Bertz CT molecular complexity index is 588. The lowest BCUT2D eigenvalue weighted by Crippen LogP contribution is -2.01. The van der Waals surface area contributed by atoms with Gasteiger partial charge in [0.15, 0.2) is 0 Å². The Morgan fingerprint density at radius 2 is 1.63 bits per heavy atom. The molecule has 0 aromatic heterocycles. The van der Waals surface area contributed by atoms with Crippen molar-refractivity contribution in [2.24, 2.45) is 0 Å². The smallest absolute Gasteiger partial charge is 0.142 e. The monoisotopic (exact) mass is 265 g/mol. The fourth-order valence-electron chi connectivity index (χ4n) is 1.67. The molecule has 0 bridgehead atoms. The summed E-state index contributed by atoms with van der Waals surface area (Å²) in [7, 11) is 1.49. The van der Waals surface area contributed by atoms with E-state index in [1.54, 1.807) is 0 Å². The average molecular weight is 265 g/mol. The maximum atomic E-state index is 13.2. The van der Waals surface area contributed by atoms with Gasteiger partial charge in [-0.25, -0.2) is 8.78 Å². The molecule has 2 N–H and O–H groups in total. The fraction of sp³-hybridized carbons (Fsp3) is 0.143. The largest absolute Gasteiger partial charge is 0.496 e.